The molecule has 0 aliphatic rings. The smallest absolute Gasteiger partial charge is 0.251 e. The monoisotopic (exact) mass is 516 g/mol. The molecular formula is C26H29ClN2O5S. The predicted molar refractivity (Wildman–Crippen MR) is 139 cm³/mol. The van der Waals surface area contributed by atoms with E-state index in [1.807, 2.05) is 32.0 Å². The Balaban J connectivity index is 1.62. The van der Waals surface area contributed by atoms with Gasteiger partial charge in [0.25, 0.3) is 5.91 Å². The number of aryl methyl sites for hydroxylation is 2. The summed E-state index contributed by atoms with van der Waals surface area (Å²) < 4.78 is 37.3. The molecule has 0 aliphatic carbocycles. The van der Waals surface area contributed by atoms with Gasteiger partial charge in [-0.05, 0) is 73.0 Å². The van der Waals surface area contributed by atoms with Crippen LogP contribution in [0.5, 0.6) is 11.5 Å². The number of hydrogen-bond acceptors (Lipinski definition) is 5. The standard InChI is InChI=1S/C26H29ClN2O5S/c1-18-5-11-23(15-19(18)2)34-14-13-28-26(30)21-8-6-20(7-9-21)17-29(35(4,31)32)24-16-22(27)10-12-25(24)33-3/h5-12,15-16H,13-14,17H2,1-4H3,(H,28,30). The highest BCUT2D eigenvalue weighted by Gasteiger charge is 2.22. The highest BCUT2D eigenvalue weighted by molar-refractivity contribution is 7.92. The fourth-order valence-corrected chi connectivity index (χ4v) is 4.46. The minimum atomic E-state index is -3.63. The third kappa shape index (κ3) is 7.13. The zero-order valence-corrected chi connectivity index (χ0v) is 21.7. The lowest BCUT2D eigenvalue weighted by Gasteiger charge is -2.24. The molecule has 0 unspecified atom stereocenters. The summed E-state index contributed by atoms with van der Waals surface area (Å²) in [6, 6.07) is 17.4. The first-order chi connectivity index (χ1) is 16.6. The zero-order chi connectivity index (χ0) is 25.6. The average Bonchev–Trinajstić information content (AvgIpc) is 2.82. The SMILES string of the molecule is COc1ccc(Cl)cc1N(Cc1ccc(C(=O)NCCOc2ccc(C)c(C)c2)cc1)S(C)(=O)=O. The van der Waals surface area contributed by atoms with Crippen molar-refractivity contribution in [1.82, 2.24) is 5.32 Å². The summed E-state index contributed by atoms with van der Waals surface area (Å²) in [5.41, 5.74) is 3.85. The van der Waals surface area contributed by atoms with Gasteiger partial charge in [0.1, 0.15) is 18.1 Å². The van der Waals surface area contributed by atoms with Crippen molar-refractivity contribution in [3.63, 3.8) is 0 Å². The first kappa shape index (κ1) is 26.4. The molecule has 35 heavy (non-hydrogen) atoms. The Labute approximate surface area is 211 Å². The molecule has 0 bridgehead atoms. The number of nitrogens with zero attached hydrogens (tertiary/aromatic N) is 1. The van der Waals surface area contributed by atoms with Crippen LogP contribution in [0.15, 0.2) is 60.7 Å². The van der Waals surface area contributed by atoms with Crippen LogP contribution >= 0.6 is 11.6 Å². The number of methoxy groups -OCH3 is 1. The van der Waals surface area contributed by atoms with Gasteiger partial charge in [-0.1, -0.05) is 29.8 Å². The number of carbonyl (C=O) groups excluding carboxylic acids is 1. The Hall–Kier alpha value is -3.23. The van der Waals surface area contributed by atoms with E-state index in [-0.39, 0.29) is 12.5 Å². The van der Waals surface area contributed by atoms with Crippen LogP contribution in [-0.4, -0.2) is 40.8 Å². The van der Waals surface area contributed by atoms with Gasteiger partial charge in [0.05, 0.1) is 32.1 Å². The predicted octanol–water partition coefficient (Wildman–Crippen LogP) is 4.74. The third-order valence-electron chi connectivity index (χ3n) is 5.49. The summed E-state index contributed by atoms with van der Waals surface area (Å²) in [6.45, 7) is 4.81. The lowest BCUT2D eigenvalue weighted by Crippen LogP contribution is -2.30. The summed E-state index contributed by atoms with van der Waals surface area (Å²) >= 11 is 6.10. The Kier molecular flexibility index (Phi) is 8.64. The first-order valence-corrected chi connectivity index (χ1v) is 13.2. The van der Waals surface area contributed by atoms with Crippen LogP contribution in [0.3, 0.4) is 0 Å². The van der Waals surface area contributed by atoms with Crippen LogP contribution in [0.4, 0.5) is 5.69 Å². The van der Waals surface area contributed by atoms with Crippen molar-refractivity contribution in [2.75, 3.05) is 30.8 Å². The highest BCUT2D eigenvalue weighted by Crippen LogP contribution is 2.33. The Morgan fingerprint density at radius 3 is 2.34 bits per heavy atom. The number of anilines is 1. The molecule has 0 saturated carbocycles. The van der Waals surface area contributed by atoms with Gasteiger partial charge in [0.15, 0.2) is 0 Å². The maximum Gasteiger partial charge on any atom is 0.251 e. The second-order valence-electron chi connectivity index (χ2n) is 8.13. The van der Waals surface area contributed by atoms with Crippen molar-refractivity contribution in [3.8, 4) is 11.5 Å². The topological polar surface area (TPSA) is 84.9 Å². The quantitative estimate of drug-likeness (QED) is 0.393. The lowest BCUT2D eigenvalue weighted by molar-refractivity contribution is 0.0947. The largest absolute Gasteiger partial charge is 0.495 e. The van der Waals surface area contributed by atoms with Crippen LogP contribution in [0.1, 0.15) is 27.0 Å². The van der Waals surface area contributed by atoms with Gasteiger partial charge in [-0.15, -0.1) is 0 Å². The summed E-state index contributed by atoms with van der Waals surface area (Å²) in [7, 11) is -2.17. The molecule has 0 aliphatic heterocycles. The molecule has 0 radical (unpaired) electrons. The molecule has 0 heterocycles. The summed E-state index contributed by atoms with van der Waals surface area (Å²) in [6.07, 6.45) is 1.12. The molecule has 0 saturated heterocycles. The number of benzene rings is 3. The van der Waals surface area contributed by atoms with E-state index in [0.29, 0.717) is 40.7 Å². The average molecular weight is 517 g/mol. The van der Waals surface area contributed by atoms with E-state index in [2.05, 4.69) is 5.32 Å². The number of halogens is 1. The van der Waals surface area contributed by atoms with Crippen LogP contribution in [0.25, 0.3) is 0 Å². The van der Waals surface area contributed by atoms with Crippen molar-refractivity contribution in [3.05, 3.63) is 87.9 Å². The van der Waals surface area contributed by atoms with Crippen molar-refractivity contribution in [2.24, 2.45) is 0 Å². The van der Waals surface area contributed by atoms with E-state index in [1.54, 1.807) is 42.5 Å². The number of rotatable bonds is 10. The molecule has 3 rings (SSSR count). The van der Waals surface area contributed by atoms with Gasteiger partial charge in [0, 0.05) is 10.6 Å². The van der Waals surface area contributed by atoms with Gasteiger partial charge in [0.2, 0.25) is 10.0 Å². The van der Waals surface area contributed by atoms with E-state index >= 15 is 0 Å². The van der Waals surface area contributed by atoms with Crippen LogP contribution in [0, 0.1) is 13.8 Å². The molecule has 186 valence electrons. The van der Waals surface area contributed by atoms with E-state index in [9.17, 15) is 13.2 Å². The Morgan fingerprint density at radius 1 is 1.00 bits per heavy atom. The van der Waals surface area contributed by atoms with E-state index in [1.165, 1.54) is 17.0 Å². The molecule has 0 spiro atoms. The number of nitrogens with one attached hydrogen (secondary N) is 1. The molecule has 1 amide bonds. The van der Waals surface area contributed by atoms with Crippen molar-refractivity contribution >= 4 is 33.2 Å². The van der Waals surface area contributed by atoms with E-state index < -0.39 is 10.0 Å². The van der Waals surface area contributed by atoms with Gasteiger partial charge in [-0.2, -0.15) is 0 Å². The van der Waals surface area contributed by atoms with Crippen molar-refractivity contribution < 1.29 is 22.7 Å². The molecule has 0 fully saturated rings. The van der Waals surface area contributed by atoms with Gasteiger partial charge in [-0.25, -0.2) is 8.42 Å². The van der Waals surface area contributed by atoms with Gasteiger partial charge in [-0.3, -0.25) is 9.10 Å². The molecule has 3 aromatic carbocycles. The maximum atomic E-state index is 12.5. The Morgan fingerprint density at radius 2 is 1.71 bits per heavy atom. The zero-order valence-electron chi connectivity index (χ0n) is 20.2. The second kappa shape index (κ2) is 11.5. The Bertz CT molecular complexity index is 1290. The number of sulfonamides is 1. The minimum Gasteiger partial charge on any atom is -0.495 e. The summed E-state index contributed by atoms with van der Waals surface area (Å²) in [4.78, 5) is 12.5. The highest BCUT2D eigenvalue weighted by atomic mass is 35.5. The molecule has 7 nitrogen and oxygen atoms in total. The van der Waals surface area contributed by atoms with Crippen molar-refractivity contribution in [2.45, 2.75) is 20.4 Å². The van der Waals surface area contributed by atoms with Gasteiger partial charge >= 0.3 is 0 Å². The number of carbonyl (C=O) groups is 1. The molecule has 1 N–H and O–H groups in total. The van der Waals surface area contributed by atoms with Crippen LogP contribution in [0.2, 0.25) is 5.02 Å². The molecule has 0 atom stereocenters. The summed E-state index contributed by atoms with van der Waals surface area (Å²) in [5, 5.41) is 3.22. The van der Waals surface area contributed by atoms with Crippen molar-refractivity contribution in [1.29, 1.82) is 0 Å². The minimum absolute atomic E-state index is 0.0568. The fraction of sp³-hybridized carbons (Fsp3) is 0.269. The molecule has 3 aromatic rings. The lowest BCUT2D eigenvalue weighted by atomic mass is 10.1. The fourth-order valence-electron chi connectivity index (χ4n) is 3.41. The van der Waals surface area contributed by atoms with Crippen LogP contribution in [-0.2, 0) is 16.6 Å². The molecule has 0 aromatic heterocycles. The molecule has 9 heteroatoms. The second-order valence-corrected chi connectivity index (χ2v) is 10.5. The van der Waals surface area contributed by atoms with E-state index in [4.69, 9.17) is 21.1 Å². The van der Waals surface area contributed by atoms with Gasteiger partial charge < -0.3 is 14.8 Å². The first-order valence-electron chi connectivity index (χ1n) is 11.0. The number of ether oxygens (including phenoxy) is 2. The number of hydrogen-bond donors (Lipinski definition) is 1. The maximum absolute atomic E-state index is 12.5. The third-order valence-corrected chi connectivity index (χ3v) is 6.85. The summed E-state index contributed by atoms with van der Waals surface area (Å²) in [5.74, 6) is 0.911. The normalized spacial score (nSPS) is 11.1. The van der Waals surface area contributed by atoms with Crippen LogP contribution < -0.4 is 19.1 Å². The van der Waals surface area contributed by atoms with E-state index in [0.717, 1.165) is 17.6 Å². The molecular weight excluding hydrogens is 488 g/mol. The number of amides is 1.